The first-order valence-electron chi connectivity index (χ1n) is 9.94. The Kier molecular flexibility index (Phi) is 6.46. The molecule has 27 heavy (non-hydrogen) atoms. The van der Waals surface area contributed by atoms with Crippen LogP contribution in [0.2, 0.25) is 0 Å². The Morgan fingerprint density at radius 2 is 1.48 bits per heavy atom. The van der Waals surface area contributed by atoms with Crippen molar-refractivity contribution in [1.29, 1.82) is 0 Å². The van der Waals surface area contributed by atoms with Crippen molar-refractivity contribution in [3.8, 4) is 5.75 Å². The maximum absolute atomic E-state index is 11.9. The van der Waals surface area contributed by atoms with E-state index in [4.69, 9.17) is 4.74 Å². The van der Waals surface area contributed by atoms with Crippen molar-refractivity contribution in [3.05, 3.63) is 28.8 Å². The molecule has 2 rings (SSSR count). The molecule has 1 heterocycles. The van der Waals surface area contributed by atoms with Crippen LogP contribution < -0.4 is 0 Å². The highest BCUT2D eigenvalue weighted by Crippen LogP contribution is 2.40. The molecule has 0 unspecified atom stereocenters. The highest BCUT2D eigenvalue weighted by atomic mass is 16.6. The summed E-state index contributed by atoms with van der Waals surface area (Å²) in [7, 11) is 0. The molecule has 1 aliphatic heterocycles. The number of carbonyl (C=O) groups excluding carboxylic acids is 1. The van der Waals surface area contributed by atoms with E-state index in [1.54, 1.807) is 4.90 Å². The molecule has 1 aliphatic rings. The van der Waals surface area contributed by atoms with Gasteiger partial charge in [-0.15, -0.1) is 0 Å². The quantitative estimate of drug-likeness (QED) is 0.856. The van der Waals surface area contributed by atoms with E-state index < -0.39 is 0 Å². The normalized spacial score (nSPS) is 16.5. The molecular formula is C22H36N2O3. The molecule has 1 aromatic carbocycles. The van der Waals surface area contributed by atoms with E-state index >= 15 is 0 Å². The van der Waals surface area contributed by atoms with Gasteiger partial charge in [0.25, 0.3) is 0 Å². The minimum absolute atomic E-state index is 0.122. The summed E-state index contributed by atoms with van der Waals surface area (Å²) in [6, 6.07) is 4.28. The van der Waals surface area contributed by atoms with Crippen LogP contribution in [-0.4, -0.2) is 53.8 Å². The van der Waals surface area contributed by atoms with E-state index in [0.717, 1.165) is 30.8 Å². The molecule has 1 saturated heterocycles. The SMILES string of the molecule is CCOC(=O)N1CCN(Cc2cc(C(C)(C)C)c(O)c(C(C)(C)C)c2)CC1. The zero-order valence-electron chi connectivity index (χ0n) is 18.1. The van der Waals surface area contributed by atoms with Gasteiger partial charge in [-0.05, 0) is 34.4 Å². The molecule has 5 heteroatoms. The first-order chi connectivity index (χ1) is 12.4. The Bertz CT molecular complexity index is 628. The number of rotatable bonds is 3. The number of aromatic hydroxyl groups is 1. The Hall–Kier alpha value is -1.75. The highest BCUT2D eigenvalue weighted by Gasteiger charge is 2.28. The van der Waals surface area contributed by atoms with Crippen LogP contribution >= 0.6 is 0 Å². The molecule has 0 saturated carbocycles. The third-order valence-electron chi connectivity index (χ3n) is 5.09. The summed E-state index contributed by atoms with van der Waals surface area (Å²) in [6.07, 6.45) is -0.216. The maximum Gasteiger partial charge on any atom is 0.409 e. The van der Waals surface area contributed by atoms with Gasteiger partial charge in [0.05, 0.1) is 6.61 Å². The van der Waals surface area contributed by atoms with E-state index in [9.17, 15) is 9.90 Å². The molecule has 1 aromatic rings. The number of ether oxygens (including phenoxy) is 1. The summed E-state index contributed by atoms with van der Waals surface area (Å²) in [5.74, 6) is 0.422. The standard InChI is InChI=1S/C22H36N2O3/c1-8-27-20(26)24-11-9-23(10-12-24)15-16-13-17(21(2,3)4)19(25)18(14-16)22(5,6)7/h13-14,25H,8-12,15H2,1-7H3. The first kappa shape index (κ1) is 21.5. The van der Waals surface area contributed by atoms with E-state index in [-0.39, 0.29) is 16.9 Å². The summed E-state index contributed by atoms with van der Waals surface area (Å²) in [5, 5.41) is 10.9. The van der Waals surface area contributed by atoms with Gasteiger partial charge < -0.3 is 14.7 Å². The predicted octanol–water partition coefficient (Wildman–Crippen LogP) is 4.26. The first-order valence-corrected chi connectivity index (χ1v) is 9.94. The molecule has 0 bridgehead atoms. The van der Waals surface area contributed by atoms with Gasteiger partial charge in [0.1, 0.15) is 5.75 Å². The van der Waals surface area contributed by atoms with Crippen LogP contribution in [0.15, 0.2) is 12.1 Å². The van der Waals surface area contributed by atoms with Gasteiger partial charge in [-0.25, -0.2) is 4.79 Å². The molecule has 1 N–H and O–H groups in total. The number of amides is 1. The van der Waals surface area contributed by atoms with Gasteiger partial charge in [0, 0.05) is 32.7 Å². The highest BCUT2D eigenvalue weighted by molar-refractivity contribution is 5.67. The number of piperazine rings is 1. The van der Waals surface area contributed by atoms with Crippen LogP contribution in [0.4, 0.5) is 4.79 Å². The molecule has 0 spiro atoms. The molecule has 1 fully saturated rings. The van der Waals surface area contributed by atoms with Crippen LogP contribution in [0.1, 0.15) is 65.2 Å². The van der Waals surface area contributed by atoms with Gasteiger partial charge in [0.15, 0.2) is 0 Å². The second-order valence-corrected chi connectivity index (χ2v) is 9.50. The van der Waals surface area contributed by atoms with Crippen molar-refractivity contribution in [2.75, 3.05) is 32.8 Å². The summed E-state index contributed by atoms with van der Waals surface area (Å²) in [4.78, 5) is 16.0. The minimum atomic E-state index is -0.216. The molecule has 5 nitrogen and oxygen atoms in total. The Morgan fingerprint density at radius 3 is 1.89 bits per heavy atom. The van der Waals surface area contributed by atoms with Crippen molar-refractivity contribution in [2.45, 2.75) is 65.8 Å². The van der Waals surface area contributed by atoms with Crippen LogP contribution in [0.25, 0.3) is 0 Å². The van der Waals surface area contributed by atoms with E-state index in [1.165, 1.54) is 5.56 Å². The van der Waals surface area contributed by atoms with Crippen LogP contribution in [0.3, 0.4) is 0 Å². The monoisotopic (exact) mass is 376 g/mol. The van der Waals surface area contributed by atoms with Crippen molar-refractivity contribution in [3.63, 3.8) is 0 Å². The molecule has 0 radical (unpaired) electrons. The average Bonchev–Trinajstić information content (AvgIpc) is 2.55. The second-order valence-electron chi connectivity index (χ2n) is 9.50. The lowest BCUT2D eigenvalue weighted by Gasteiger charge is -2.35. The Morgan fingerprint density at radius 1 is 1.00 bits per heavy atom. The molecule has 0 atom stereocenters. The number of phenolic OH excluding ortho intramolecular Hbond substituents is 1. The van der Waals surface area contributed by atoms with E-state index in [1.807, 2.05) is 6.92 Å². The minimum Gasteiger partial charge on any atom is -0.507 e. The van der Waals surface area contributed by atoms with Crippen LogP contribution in [0, 0.1) is 0 Å². The number of benzene rings is 1. The summed E-state index contributed by atoms with van der Waals surface area (Å²) >= 11 is 0. The van der Waals surface area contributed by atoms with Crippen molar-refractivity contribution >= 4 is 6.09 Å². The number of hydrogen-bond donors (Lipinski definition) is 1. The summed E-state index contributed by atoms with van der Waals surface area (Å²) in [5.41, 5.74) is 2.96. The summed E-state index contributed by atoms with van der Waals surface area (Å²) < 4.78 is 5.10. The van der Waals surface area contributed by atoms with Crippen molar-refractivity contribution in [2.24, 2.45) is 0 Å². The number of nitrogens with zero attached hydrogens (tertiary/aromatic N) is 2. The lowest BCUT2D eigenvalue weighted by Crippen LogP contribution is -2.48. The summed E-state index contributed by atoms with van der Waals surface area (Å²) in [6.45, 7) is 18.9. The second kappa shape index (κ2) is 8.09. The third-order valence-corrected chi connectivity index (χ3v) is 5.09. The maximum atomic E-state index is 11.9. The lowest BCUT2D eigenvalue weighted by molar-refractivity contribution is 0.0778. The van der Waals surface area contributed by atoms with Crippen molar-refractivity contribution < 1.29 is 14.6 Å². The fourth-order valence-corrected chi connectivity index (χ4v) is 3.49. The fraction of sp³-hybridized carbons (Fsp3) is 0.682. The Labute approximate surface area is 164 Å². The van der Waals surface area contributed by atoms with Crippen molar-refractivity contribution in [1.82, 2.24) is 9.80 Å². The van der Waals surface area contributed by atoms with Crippen LogP contribution in [0.5, 0.6) is 5.75 Å². The number of phenols is 1. The number of hydrogen-bond acceptors (Lipinski definition) is 4. The van der Waals surface area contributed by atoms with Gasteiger partial charge in [-0.2, -0.15) is 0 Å². The third kappa shape index (κ3) is 5.38. The number of carbonyl (C=O) groups is 1. The zero-order valence-corrected chi connectivity index (χ0v) is 18.1. The Balaban J connectivity index is 2.19. The van der Waals surface area contributed by atoms with Gasteiger partial charge in [-0.1, -0.05) is 53.7 Å². The lowest BCUT2D eigenvalue weighted by atomic mass is 9.78. The molecule has 152 valence electrons. The fourth-order valence-electron chi connectivity index (χ4n) is 3.49. The van der Waals surface area contributed by atoms with Gasteiger partial charge >= 0.3 is 6.09 Å². The predicted molar refractivity (Wildman–Crippen MR) is 109 cm³/mol. The van der Waals surface area contributed by atoms with Gasteiger partial charge in [0.2, 0.25) is 0 Å². The molecule has 0 aliphatic carbocycles. The molecule has 1 amide bonds. The van der Waals surface area contributed by atoms with Crippen LogP contribution in [-0.2, 0) is 22.1 Å². The topological polar surface area (TPSA) is 53.0 Å². The molecular weight excluding hydrogens is 340 g/mol. The van der Waals surface area contributed by atoms with E-state index in [2.05, 4.69) is 58.6 Å². The smallest absolute Gasteiger partial charge is 0.409 e. The van der Waals surface area contributed by atoms with Gasteiger partial charge in [-0.3, -0.25) is 4.90 Å². The average molecular weight is 377 g/mol. The largest absolute Gasteiger partial charge is 0.507 e. The zero-order chi connectivity index (χ0) is 20.4. The molecule has 0 aromatic heterocycles. The van der Waals surface area contributed by atoms with E-state index in [0.29, 0.717) is 25.4 Å².